The molecule has 1 N–H and O–H groups in total. The molecule has 1 heterocycles. The van der Waals surface area contributed by atoms with E-state index in [1.54, 1.807) is 0 Å². The molecule has 4 heteroatoms. The maximum atomic E-state index is 5.65. The third kappa shape index (κ3) is 4.58. The number of hydrogen-bond acceptors (Lipinski definition) is 4. The first-order chi connectivity index (χ1) is 10.1. The molecular formula is C17H29N3O. The number of ether oxygens (including phenoxy) is 1. The highest BCUT2D eigenvalue weighted by atomic mass is 16.5. The zero-order chi connectivity index (χ0) is 15.2. The molecule has 21 heavy (non-hydrogen) atoms. The van der Waals surface area contributed by atoms with Crippen LogP contribution in [0, 0.1) is 18.8 Å². The molecule has 0 bridgehead atoms. The predicted molar refractivity (Wildman–Crippen MR) is 86.8 cm³/mol. The van der Waals surface area contributed by atoms with E-state index in [4.69, 9.17) is 4.74 Å². The second kappa shape index (κ2) is 7.62. The van der Waals surface area contributed by atoms with Crippen LogP contribution in [0.2, 0.25) is 0 Å². The van der Waals surface area contributed by atoms with E-state index < -0.39 is 0 Å². The van der Waals surface area contributed by atoms with Crippen molar-refractivity contribution in [3.05, 3.63) is 11.8 Å². The maximum absolute atomic E-state index is 5.65. The molecule has 0 spiro atoms. The number of nitrogens with zero attached hydrogens (tertiary/aromatic N) is 2. The van der Waals surface area contributed by atoms with Crippen LogP contribution in [0.1, 0.15) is 58.6 Å². The molecule has 1 saturated carbocycles. The molecule has 118 valence electrons. The highest BCUT2D eigenvalue weighted by Gasteiger charge is 2.28. The average molecular weight is 291 g/mol. The van der Waals surface area contributed by atoms with Crippen LogP contribution >= 0.6 is 0 Å². The summed E-state index contributed by atoms with van der Waals surface area (Å²) in [6.07, 6.45) is 6.15. The van der Waals surface area contributed by atoms with Crippen LogP contribution < -0.4 is 10.1 Å². The number of rotatable bonds is 6. The van der Waals surface area contributed by atoms with Gasteiger partial charge < -0.3 is 10.1 Å². The summed E-state index contributed by atoms with van der Waals surface area (Å²) in [7, 11) is 0. The van der Waals surface area contributed by atoms with Crippen LogP contribution in [0.4, 0.5) is 5.95 Å². The van der Waals surface area contributed by atoms with Gasteiger partial charge in [-0.3, -0.25) is 0 Å². The normalized spacial score (nSPS) is 22.3. The summed E-state index contributed by atoms with van der Waals surface area (Å²) in [4.78, 5) is 9.04. The van der Waals surface area contributed by atoms with Gasteiger partial charge in [-0.2, -0.15) is 4.98 Å². The van der Waals surface area contributed by atoms with Gasteiger partial charge in [0.05, 0.1) is 6.61 Å². The summed E-state index contributed by atoms with van der Waals surface area (Å²) in [5, 5.41) is 3.57. The van der Waals surface area contributed by atoms with E-state index in [1.807, 2.05) is 13.0 Å². The van der Waals surface area contributed by atoms with Crippen LogP contribution in [-0.4, -0.2) is 22.6 Å². The molecule has 2 atom stereocenters. The SMILES string of the molecule is CCCOc1cc(C)nc(NC2CCCCC2C(C)C)n1. The zero-order valence-electron chi connectivity index (χ0n) is 13.9. The number of aryl methyl sites for hydroxylation is 1. The minimum Gasteiger partial charge on any atom is -0.478 e. The molecule has 1 aliphatic rings. The van der Waals surface area contributed by atoms with Gasteiger partial charge in [0.1, 0.15) is 0 Å². The molecule has 2 unspecified atom stereocenters. The quantitative estimate of drug-likeness (QED) is 0.853. The molecular weight excluding hydrogens is 262 g/mol. The van der Waals surface area contributed by atoms with Gasteiger partial charge >= 0.3 is 0 Å². The van der Waals surface area contributed by atoms with Crippen LogP contribution in [-0.2, 0) is 0 Å². The van der Waals surface area contributed by atoms with E-state index >= 15 is 0 Å². The van der Waals surface area contributed by atoms with Crippen molar-refractivity contribution in [2.45, 2.75) is 65.8 Å². The average Bonchev–Trinajstić information content (AvgIpc) is 2.45. The maximum Gasteiger partial charge on any atom is 0.226 e. The van der Waals surface area contributed by atoms with Crippen molar-refractivity contribution in [3.8, 4) is 5.88 Å². The standard InChI is InChI=1S/C17H29N3O/c1-5-10-21-16-11-13(4)18-17(20-16)19-15-9-7-6-8-14(15)12(2)3/h11-12,14-15H,5-10H2,1-4H3,(H,18,19,20). The summed E-state index contributed by atoms with van der Waals surface area (Å²) in [5.41, 5.74) is 0.954. The second-order valence-corrected chi connectivity index (χ2v) is 6.46. The summed E-state index contributed by atoms with van der Waals surface area (Å²) in [6.45, 7) is 9.43. The molecule has 0 aromatic carbocycles. The Hall–Kier alpha value is -1.32. The van der Waals surface area contributed by atoms with Crippen LogP contribution in [0.25, 0.3) is 0 Å². The molecule has 0 radical (unpaired) electrons. The number of aromatic nitrogens is 2. The lowest BCUT2D eigenvalue weighted by atomic mass is 9.78. The number of nitrogens with one attached hydrogen (secondary N) is 1. The van der Waals surface area contributed by atoms with E-state index in [2.05, 4.69) is 36.1 Å². The van der Waals surface area contributed by atoms with Crippen molar-refractivity contribution in [1.29, 1.82) is 0 Å². The Morgan fingerprint density at radius 1 is 1.29 bits per heavy atom. The van der Waals surface area contributed by atoms with Gasteiger partial charge in [0.15, 0.2) is 0 Å². The van der Waals surface area contributed by atoms with Crippen LogP contribution in [0.5, 0.6) is 5.88 Å². The fraction of sp³-hybridized carbons (Fsp3) is 0.765. The van der Waals surface area contributed by atoms with Crippen molar-refractivity contribution in [2.24, 2.45) is 11.8 Å². The lowest BCUT2D eigenvalue weighted by Crippen LogP contribution is -2.35. The Bertz CT molecular complexity index is 448. The molecule has 1 aromatic rings. The molecule has 4 nitrogen and oxygen atoms in total. The first kappa shape index (κ1) is 16.1. The first-order valence-electron chi connectivity index (χ1n) is 8.35. The highest BCUT2D eigenvalue weighted by molar-refractivity contribution is 5.32. The van der Waals surface area contributed by atoms with E-state index in [-0.39, 0.29) is 0 Å². The summed E-state index contributed by atoms with van der Waals surface area (Å²) >= 11 is 0. The number of anilines is 1. The minimum absolute atomic E-state index is 0.486. The number of hydrogen-bond donors (Lipinski definition) is 1. The topological polar surface area (TPSA) is 47.0 Å². The van der Waals surface area contributed by atoms with Gasteiger partial charge in [0.25, 0.3) is 0 Å². The fourth-order valence-electron chi connectivity index (χ4n) is 3.19. The lowest BCUT2D eigenvalue weighted by molar-refractivity contribution is 0.252. The molecule has 1 aliphatic carbocycles. The zero-order valence-corrected chi connectivity index (χ0v) is 13.9. The Balaban J connectivity index is 2.08. The van der Waals surface area contributed by atoms with Crippen LogP contribution in [0.3, 0.4) is 0 Å². The highest BCUT2D eigenvalue weighted by Crippen LogP contribution is 2.32. The van der Waals surface area contributed by atoms with E-state index in [0.717, 1.165) is 18.1 Å². The van der Waals surface area contributed by atoms with Crippen molar-refractivity contribution < 1.29 is 4.74 Å². The van der Waals surface area contributed by atoms with E-state index in [1.165, 1.54) is 25.7 Å². The van der Waals surface area contributed by atoms with Crippen molar-refractivity contribution in [2.75, 3.05) is 11.9 Å². The van der Waals surface area contributed by atoms with Crippen molar-refractivity contribution >= 4 is 5.95 Å². The van der Waals surface area contributed by atoms with Gasteiger partial charge in [0.2, 0.25) is 11.8 Å². The minimum atomic E-state index is 0.486. The Labute approximate surface area is 128 Å². The molecule has 1 aromatic heterocycles. The summed E-state index contributed by atoms with van der Waals surface area (Å²) in [5.74, 6) is 2.81. The van der Waals surface area contributed by atoms with Gasteiger partial charge in [-0.1, -0.05) is 33.6 Å². The molecule has 0 saturated heterocycles. The predicted octanol–water partition coefficient (Wildman–Crippen LogP) is 4.20. The van der Waals surface area contributed by atoms with E-state index in [9.17, 15) is 0 Å². The van der Waals surface area contributed by atoms with Gasteiger partial charge in [-0.05, 0) is 38.0 Å². The monoisotopic (exact) mass is 291 g/mol. The third-order valence-corrected chi connectivity index (χ3v) is 4.27. The van der Waals surface area contributed by atoms with Gasteiger partial charge in [-0.15, -0.1) is 0 Å². The van der Waals surface area contributed by atoms with Crippen molar-refractivity contribution in [1.82, 2.24) is 9.97 Å². The van der Waals surface area contributed by atoms with Gasteiger partial charge in [0, 0.05) is 17.8 Å². The molecule has 0 aliphatic heterocycles. The summed E-state index contributed by atoms with van der Waals surface area (Å²) < 4.78 is 5.65. The second-order valence-electron chi connectivity index (χ2n) is 6.46. The molecule has 1 fully saturated rings. The van der Waals surface area contributed by atoms with Crippen LogP contribution in [0.15, 0.2) is 6.07 Å². The Morgan fingerprint density at radius 2 is 2.05 bits per heavy atom. The molecule has 2 rings (SSSR count). The van der Waals surface area contributed by atoms with E-state index in [0.29, 0.717) is 30.4 Å². The summed E-state index contributed by atoms with van der Waals surface area (Å²) in [6, 6.07) is 2.39. The molecule has 0 amide bonds. The lowest BCUT2D eigenvalue weighted by Gasteiger charge is -2.34. The first-order valence-corrected chi connectivity index (χ1v) is 8.35. The Kier molecular flexibility index (Phi) is 5.83. The fourth-order valence-corrected chi connectivity index (χ4v) is 3.19. The Morgan fingerprint density at radius 3 is 2.76 bits per heavy atom. The van der Waals surface area contributed by atoms with Gasteiger partial charge in [-0.25, -0.2) is 4.98 Å². The van der Waals surface area contributed by atoms with Crippen molar-refractivity contribution in [3.63, 3.8) is 0 Å². The smallest absolute Gasteiger partial charge is 0.226 e. The third-order valence-electron chi connectivity index (χ3n) is 4.27. The largest absolute Gasteiger partial charge is 0.478 e.